The Hall–Kier alpha value is -2.61. The molecular weight excluding hydrogens is 396 g/mol. The monoisotopic (exact) mass is 428 g/mol. The maximum Gasteiger partial charge on any atom is 0.410 e. The quantitative estimate of drug-likeness (QED) is 0.685. The van der Waals surface area contributed by atoms with Gasteiger partial charge in [0, 0.05) is 49.2 Å². The molecule has 0 spiro atoms. The predicted molar refractivity (Wildman–Crippen MR) is 117 cm³/mol. The van der Waals surface area contributed by atoms with Crippen molar-refractivity contribution in [3.05, 3.63) is 29.5 Å². The first-order chi connectivity index (χ1) is 14.7. The Kier molecular flexibility index (Phi) is 5.92. The van der Waals surface area contributed by atoms with E-state index in [9.17, 15) is 9.59 Å². The van der Waals surface area contributed by atoms with Crippen molar-refractivity contribution in [3.63, 3.8) is 0 Å². The molecule has 1 saturated heterocycles. The van der Waals surface area contributed by atoms with Crippen molar-refractivity contribution in [1.29, 1.82) is 0 Å². The van der Waals surface area contributed by atoms with Gasteiger partial charge in [-0.2, -0.15) is 5.10 Å². The highest BCUT2D eigenvalue weighted by Gasteiger charge is 2.34. The number of amides is 2. The standard InChI is InChI=1S/C23H32N4O4/c1-15-18(21(28)24-9-10-30-17-5-6-17)7-8-20-19(15)14-27(25-20)13-16-11-26(12-16)22(29)31-23(2,3)4/h7-8,14,16-17H,5-6,9-13H2,1-4H3,(H,24,28). The summed E-state index contributed by atoms with van der Waals surface area (Å²) < 4.78 is 12.9. The summed E-state index contributed by atoms with van der Waals surface area (Å²) in [6.45, 7) is 10.7. The van der Waals surface area contributed by atoms with Crippen LogP contribution in [0.2, 0.25) is 0 Å². The van der Waals surface area contributed by atoms with E-state index in [1.54, 1.807) is 4.90 Å². The van der Waals surface area contributed by atoms with E-state index in [-0.39, 0.29) is 12.0 Å². The van der Waals surface area contributed by atoms with E-state index in [0.29, 0.717) is 43.8 Å². The molecule has 0 bridgehead atoms. The number of rotatable bonds is 7. The van der Waals surface area contributed by atoms with Crippen molar-refractivity contribution in [1.82, 2.24) is 20.0 Å². The molecule has 8 heteroatoms. The molecule has 1 aromatic carbocycles. The van der Waals surface area contributed by atoms with E-state index < -0.39 is 5.60 Å². The fourth-order valence-corrected chi connectivity index (χ4v) is 3.77. The number of ether oxygens (including phenoxy) is 2. The van der Waals surface area contributed by atoms with E-state index in [1.807, 2.05) is 50.7 Å². The van der Waals surface area contributed by atoms with Crippen molar-refractivity contribution < 1.29 is 19.1 Å². The molecule has 2 aliphatic rings. The Balaban J connectivity index is 1.32. The molecule has 168 valence electrons. The Morgan fingerprint density at radius 2 is 1.97 bits per heavy atom. The van der Waals surface area contributed by atoms with Crippen molar-refractivity contribution in [2.45, 2.75) is 58.8 Å². The number of likely N-dealkylation sites (tertiary alicyclic amines) is 1. The minimum absolute atomic E-state index is 0.0847. The molecule has 8 nitrogen and oxygen atoms in total. The maximum atomic E-state index is 12.6. The predicted octanol–water partition coefficient (Wildman–Crippen LogP) is 3.12. The zero-order chi connectivity index (χ0) is 22.2. The fraction of sp³-hybridized carbons (Fsp3) is 0.609. The van der Waals surface area contributed by atoms with Crippen molar-refractivity contribution in [2.24, 2.45) is 5.92 Å². The third-order valence-corrected chi connectivity index (χ3v) is 5.57. The van der Waals surface area contributed by atoms with Crippen molar-refractivity contribution >= 4 is 22.9 Å². The Morgan fingerprint density at radius 3 is 2.65 bits per heavy atom. The second-order valence-corrected chi connectivity index (χ2v) is 9.60. The van der Waals surface area contributed by atoms with Crippen LogP contribution in [0, 0.1) is 12.8 Å². The topological polar surface area (TPSA) is 85.7 Å². The third-order valence-electron chi connectivity index (χ3n) is 5.57. The first-order valence-corrected chi connectivity index (χ1v) is 11.0. The van der Waals surface area contributed by atoms with Gasteiger partial charge in [0.25, 0.3) is 5.91 Å². The highest BCUT2D eigenvalue weighted by molar-refractivity contribution is 6.00. The lowest BCUT2D eigenvalue weighted by atomic mass is 10.0. The molecule has 4 rings (SSSR count). The lowest BCUT2D eigenvalue weighted by Crippen LogP contribution is -2.52. The Bertz CT molecular complexity index is 968. The van der Waals surface area contributed by atoms with Gasteiger partial charge in [0.15, 0.2) is 0 Å². The first kappa shape index (κ1) is 21.6. The van der Waals surface area contributed by atoms with E-state index in [4.69, 9.17) is 9.47 Å². The molecule has 0 unspecified atom stereocenters. The summed E-state index contributed by atoms with van der Waals surface area (Å²) in [6, 6.07) is 3.72. The highest BCUT2D eigenvalue weighted by Crippen LogP contribution is 2.25. The molecule has 1 saturated carbocycles. The number of fused-ring (bicyclic) bond motifs is 1. The molecule has 2 amide bonds. The lowest BCUT2D eigenvalue weighted by Gasteiger charge is -2.39. The van der Waals surface area contributed by atoms with Gasteiger partial charge < -0.3 is 19.7 Å². The summed E-state index contributed by atoms with van der Waals surface area (Å²) in [7, 11) is 0. The van der Waals surface area contributed by atoms with Crippen LogP contribution in [-0.2, 0) is 16.0 Å². The SMILES string of the molecule is Cc1c(C(=O)NCCOC2CC2)ccc2nn(CC3CN(C(=O)OC(C)(C)C)C3)cc12. The lowest BCUT2D eigenvalue weighted by molar-refractivity contribution is -0.00381. The van der Waals surface area contributed by atoms with E-state index >= 15 is 0 Å². The largest absolute Gasteiger partial charge is 0.444 e. The molecule has 1 aliphatic carbocycles. The summed E-state index contributed by atoms with van der Waals surface area (Å²) in [5, 5.41) is 8.57. The highest BCUT2D eigenvalue weighted by atomic mass is 16.6. The molecule has 31 heavy (non-hydrogen) atoms. The van der Waals surface area contributed by atoms with Crippen LogP contribution in [0.1, 0.15) is 49.5 Å². The number of carbonyl (C=O) groups is 2. The minimum atomic E-state index is -0.479. The zero-order valence-electron chi connectivity index (χ0n) is 18.8. The fourth-order valence-electron chi connectivity index (χ4n) is 3.77. The molecule has 1 N–H and O–H groups in total. The number of aryl methyl sites for hydroxylation is 1. The smallest absolute Gasteiger partial charge is 0.410 e. The summed E-state index contributed by atoms with van der Waals surface area (Å²) in [4.78, 5) is 26.4. The molecule has 2 fully saturated rings. The first-order valence-electron chi connectivity index (χ1n) is 11.0. The van der Waals surface area contributed by atoms with Crippen LogP contribution in [0.15, 0.2) is 18.3 Å². The maximum absolute atomic E-state index is 12.6. The Morgan fingerprint density at radius 1 is 1.23 bits per heavy atom. The molecule has 0 atom stereocenters. The average molecular weight is 429 g/mol. The van der Waals surface area contributed by atoms with E-state index in [0.717, 1.165) is 35.9 Å². The van der Waals surface area contributed by atoms with Crippen LogP contribution in [0.4, 0.5) is 4.79 Å². The Labute approximate surface area is 182 Å². The van der Waals surface area contributed by atoms with Crippen molar-refractivity contribution in [2.75, 3.05) is 26.2 Å². The van der Waals surface area contributed by atoms with Gasteiger partial charge in [0.05, 0.1) is 18.2 Å². The molecule has 2 heterocycles. The van der Waals surface area contributed by atoms with E-state index in [2.05, 4.69) is 10.4 Å². The van der Waals surface area contributed by atoms with E-state index in [1.165, 1.54) is 0 Å². The number of hydrogen-bond donors (Lipinski definition) is 1. The molecular formula is C23H32N4O4. The summed E-state index contributed by atoms with van der Waals surface area (Å²) in [5.74, 6) is 0.259. The van der Waals surface area contributed by atoms with Crippen LogP contribution < -0.4 is 5.32 Å². The van der Waals surface area contributed by atoms with Gasteiger partial charge in [-0.15, -0.1) is 0 Å². The second-order valence-electron chi connectivity index (χ2n) is 9.60. The molecule has 1 aromatic heterocycles. The van der Waals surface area contributed by atoms with Crippen LogP contribution in [0.5, 0.6) is 0 Å². The molecule has 1 aliphatic heterocycles. The van der Waals surface area contributed by atoms with Gasteiger partial charge in [0.2, 0.25) is 0 Å². The number of hydrogen-bond acceptors (Lipinski definition) is 5. The van der Waals surface area contributed by atoms with Gasteiger partial charge in [-0.1, -0.05) is 0 Å². The van der Waals surface area contributed by atoms with Crippen molar-refractivity contribution in [3.8, 4) is 0 Å². The van der Waals surface area contributed by atoms with Gasteiger partial charge in [-0.05, 0) is 58.2 Å². The summed E-state index contributed by atoms with van der Waals surface area (Å²) in [5.41, 5.74) is 1.98. The second kappa shape index (κ2) is 8.49. The van der Waals surface area contributed by atoms with Gasteiger partial charge in [0.1, 0.15) is 5.60 Å². The minimum Gasteiger partial charge on any atom is -0.444 e. The summed E-state index contributed by atoms with van der Waals surface area (Å²) in [6.07, 6.45) is 4.39. The number of aromatic nitrogens is 2. The van der Waals surface area contributed by atoms with Gasteiger partial charge in [-0.3, -0.25) is 9.48 Å². The van der Waals surface area contributed by atoms with Crippen LogP contribution in [-0.4, -0.2) is 64.6 Å². The average Bonchev–Trinajstić information content (AvgIpc) is 3.37. The van der Waals surface area contributed by atoms with Gasteiger partial charge in [-0.25, -0.2) is 4.79 Å². The normalized spacial score (nSPS) is 17.0. The van der Waals surface area contributed by atoms with Crippen LogP contribution >= 0.6 is 0 Å². The van der Waals surface area contributed by atoms with Gasteiger partial charge >= 0.3 is 6.09 Å². The van der Waals surface area contributed by atoms with Crippen LogP contribution in [0.25, 0.3) is 10.9 Å². The number of benzene rings is 1. The molecule has 2 aromatic rings. The number of nitrogens with one attached hydrogen (secondary N) is 1. The third kappa shape index (κ3) is 5.36. The number of carbonyl (C=O) groups excluding carboxylic acids is 2. The summed E-state index contributed by atoms with van der Waals surface area (Å²) >= 11 is 0. The number of nitrogens with zero attached hydrogens (tertiary/aromatic N) is 3. The molecule has 0 radical (unpaired) electrons. The zero-order valence-corrected chi connectivity index (χ0v) is 18.8. The van der Waals surface area contributed by atoms with Crippen LogP contribution in [0.3, 0.4) is 0 Å².